The summed E-state index contributed by atoms with van der Waals surface area (Å²) in [6.07, 6.45) is -1.90. The van der Waals surface area contributed by atoms with Crippen LogP contribution < -0.4 is 4.74 Å². The van der Waals surface area contributed by atoms with Crippen LogP contribution in [0.25, 0.3) is 0 Å². The number of rotatable bonds is 4. The number of carbonyl (C=O) groups excluding carboxylic acids is 2. The van der Waals surface area contributed by atoms with Crippen LogP contribution in [-0.4, -0.2) is 11.6 Å². The van der Waals surface area contributed by atoms with Crippen molar-refractivity contribution >= 4 is 11.6 Å². The second-order valence-corrected chi connectivity index (χ2v) is 8.08. The molecule has 7 heteroatoms. The Labute approximate surface area is 177 Å². The Morgan fingerprint density at radius 1 is 1.03 bits per heavy atom. The molecule has 2 aromatic rings. The molecule has 31 heavy (non-hydrogen) atoms. The summed E-state index contributed by atoms with van der Waals surface area (Å²) < 4.78 is 44.8. The fourth-order valence-electron chi connectivity index (χ4n) is 4.71. The molecule has 2 aliphatic carbocycles. The number of ketones is 2. The lowest BCUT2D eigenvalue weighted by atomic mass is 9.74. The molecule has 2 unspecified atom stereocenters. The van der Waals surface area contributed by atoms with Gasteiger partial charge in [-0.05, 0) is 67.1 Å². The number of hydrogen-bond donors (Lipinski definition) is 0. The molecule has 2 atom stereocenters. The van der Waals surface area contributed by atoms with Crippen LogP contribution in [0.5, 0.6) is 11.5 Å². The molecule has 0 spiro atoms. The lowest BCUT2D eigenvalue weighted by Crippen LogP contribution is -2.35. The van der Waals surface area contributed by atoms with Gasteiger partial charge in [0.1, 0.15) is 17.4 Å². The van der Waals surface area contributed by atoms with Crippen LogP contribution in [0.4, 0.5) is 13.2 Å². The molecule has 0 radical (unpaired) electrons. The van der Waals surface area contributed by atoms with Crippen LogP contribution >= 0.6 is 0 Å². The highest BCUT2D eigenvalue weighted by Crippen LogP contribution is 2.45. The summed E-state index contributed by atoms with van der Waals surface area (Å²) in [6.45, 7) is 1.93. The standard InChI is InChI=1S/C24H20F3NO3/c1-2-13-5-6-18(31-17-7-8-20(24(25,26)27)16(10-17)12-28)11-19(13)21-22(29)14-3-4-15(9-14)23(21)30/h5-8,10-11,14-15,21H,2-4,9H2,1H3. The van der Waals surface area contributed by atoms with Crippen molar-refractivity contribution in [3.63, 3.8) is 0 Å². The Kier molecular flexibility index (Phi) is 5.34. The third kappa shape index (κ3) is 3.83. The van der Waals surface area contributed by atoms with Gasteiger partial charge >= 0.3 is 6.18 Å². The van der Waals surface area contributed by atoms with Gasteiger partial charge in [-0.2, -0.15) is 18.4 Å². The Balaban J connectivity index is 1.68. The van der Waals surface area contributed by atoms with E-state index in [1.54, 1.807) is 24.3 Å². The van der Waals surface area contributed by atoms with E-state index in [2.05, 4.69) is 0 Å². The van der Waals surface area contributed by atoms with E-state index in [9.17, 15) is 22.8 Å². The molecule has 0 aromatic heterocycles. The third-order valence-corrected chi connectivity index (χ3v) is 6.27. The van der Waals surface area contributed by atoms with Gasteiger partial charge in [-0.1, -0.05) is 13.0 Å². The van der Waals surface area contributed by atoms with E-state index >= 15 is 0 Å². The highest BCUT2D eigenvalue weighted by Gasteiger charge is 2.47. The SMILES string of the molecule is CCc1ccc(Oc2ccc(C(F)(F)F)c(C#N)c2)cc1C1C(=O)C2CCC(C2)C1=O. The number of fused-ring (bicyclic) bond motifs is 2. The van der Waals surface area contributed by atoms with Crippen molar-refractivity contribution in [3.8, 4) is 17.6 Å². The van der Waals surface area contributed by atoms with Crippen molar-refractivity contribution in [2.24, 2.45) is 11.8 Å². The maximum Gasteiger partial charge on any atom is 0.417 e. The van der Waals surface area contributed by atoms with Crippen LogP contribution in [0.2, 0.25) is 0 Å². The van der Waals surface area contributed by atoms with Crippen LogP contribution in [-0.2, 0) is 22.2 Å². The molecule has 4 nitrogen and oxygen atoms in total. The van der Waals surface area contributed by atoms with Gasteiger partial charge in [-0.15, -0.1) is 0 Å². The van der Waals surface area contributed by atoms with Gasteiger partial charge in [-0.25, -0.2) is 0 Å². The average Bonchev–Trinajstić information content (AvgIpc) is 3.19. The van der Waals surface area contributed by atoms with E-state index < -0.39 is 23.2 Å². The lowest BCUT2D eigenvalue weighted by Gasteiger charge is -2.27. The van der Waals surface area contributed by atoms with Gasteiger partial charge in [0.15, 0.2) is 11.6 Å². The van der Waals surface area contributed by atoms with Gasteiger partial charge in [-0.3, -0.25) is 9.59 Å². The minimum Gasteiger partial charge on any atom is -0.457 e. The van der Waals surface area contributed by atoms with Gasteiger partial charge in [0.25, 0.3) is 0 Å². The normalized spacial score (nSPS) is 23.0. The summed E-state index contributed by atoms with van der Waals surface area (Å²) in [5.41, 5.74) is -0.0904. The van der Waals surface area contributed by atoms with Crippen molar-refractivity contribution in [3.05, 3.63) is 58.7 Å². The first kappa shape index (κ1) is 21.1. The van der Waals surface area contributed by atoms with Gasteiger partial charge in [0, 0.05) is 11.8 Å². The maximum absolute atomic E-state index is 13.0. The minimum absolute atomic E-state index is 0.0492. The summed E-state index contributed by atoms with van der Waals surface area (Å²) in [5.74, 6) is -0.716. The van der Waals surface area contributed by atoms with Crippen molar-refractivity contribution < 1.29 is 27.5 Å². The molecule has 2 aromatic carbocycles. The zero-order chi connectivity index (χ0) is 22.3. The summed E-state index contributed by atoms with van der Waals surface area (Å²) in [7, 11) is 0. The molecule has 2 bridgehead atoms. The van der Waals surface area contributed by atoms with Gasteiger partial charge in [0.05, 0.1) is 17.2 Å². The molecule has 0 heterocycles. The van der Waals surface area contributed by atoms with Crippen molar-refractivity contribution in [2.45, 2.75) is 44.7 Å². The first-order valence-electron chi connectivity index (χ1n) is 10.2. The largest absolute Gasteiger partial charge is 0.457 e. The Morgan fingerprint density at radius 3 is 2.23 bits per heavy atom. The smallest absolute Gasteiger partial charge is 0.417 e. The summed E-state index contributed by atoms with van der Waals surface area (Å²) in [4.78, 5) is 25.9. The molecule has 0 N–H and O–H groups in total. The van der Waals surface area contributed by atoms with E-state index in [0.29, 0.717) is 24.2 Å². The Bertz CT molecular complexity index is 1080. The van der Waals surface area contributed by atoms with Crippen LogP contribution in [0, 0.1) is 23.2 Å². The van der Waals surface area contributed by atoms with Crippen molar-refractivity contribution in [1.82, 2.24) is 0 Å². The Hall–Kier alpha value is -3.14. The molecule has 2 fully saturated rings. The number of benzene rings is 2. The second kappa shape index (κ2) is 7.84. The quantitative estimate of drug-likeness (QED) is 0.597. The third-order valence-electron chi connectivity index (χ3n) is 6.27. The minimum atomic E-state index is -4.64. The first-order valence-corrected chi connectivity index (χ1v) is 10.2. The van der Waals surface area contributed by atoms with Crippen LogP contribution in [0.3, 0.4) is 0 Å². The van der Waals surface area contributed by atoms with Gasteiger partial charge in [0.2, 0.25) is 0 Å². The van der Waals surface area contributed by atoms with Crippen LogP contribution in [0.1, 0.15) is 54.4 Å². The number of nitriles is 1. The average molecular weight is 427 g/mol. The summed E-state index contributed by atoms with van der Waals surface area (Å²) in [6, 6.07) is 9.60. The van der Waals surface area contributed by atoms with E-state index in [4.69, 9.17) is 10.00 Å². The number of nitrogens with zero attached hydrogens (tertiary/aromatic N) is 1. The molecular formula is C24H20F3NO3. The zero-order valence-electron chi connectivity index (χ0n) is 16.8. The summed E-state index contributed by atoms with van der Waals surface area (Å²) >= 11 is 0. The van der Waals surface area contributed by atoms with E-state index in [1.807, 2.05) is 6.92 Å². The lowest BCUT2D eigenvalue weighted by molar-refractivity contribution is -0.138. The number of hydrogen-bond acceptors (Lipinski definition) is 4. The molecule has 0 amide bonds. The second-order valence-electron chi connectivity index (χ2n) is 8.08. The molecule has 0 aliphatic heterocycles. The van der Waals surface area contributed by atoms with Crippen LogP contribution in [0.15, 0.2) is 36.4 Å². The number of carbonyl (C=O) groups is 2. The maximum atomic E-state index is 13.0. The number of ether oxygens (including phenoxy) is 1. The van der Waals surface area contributed by atoms with Crippen molar-refractivity contribution in [2.75, 3.05) is 0 Å². The zero-order valence-corrected chi connectivity index (χ0v) is 16.8. The highest BCUT2D eigenvalue weighted by atomic mass is 19.4. The fourth-order valence-corrected chi connectivity index (χ4v) is 4.71. The number of Topliss-reactive ketones (excluding diaryl/α,β-unsaturated/α-hetero) is 2. The van der Waals surface area contributed by atoms with Gasteiger partial charge < -0.3 is 4.74 Å². The first-order chi connectivity index (χ1) is 14.7. The van der Waals surface area contributed by atoms with E-state index in [1.165, 1.54) is 0 Å². The molecule has 0 saturated heterocycles. The fraction of sp³-hybridized carbons (Fsp3) is 0.375. The topological polar surface area (TPSA) is 67.2 Å². The number of aryl methyl sites for hydroxylation is 1. The molecular weight excluding hydrogens is 407 g/mol. The summed E-state index contributed by atoms with van der Waals surface area (Å²) in [5, 5.41) is 9.09. The number of alkyl halides is 3. The predicted octanol–water partition coefficient (Wildman–Crippen LogP) is 5.58. The molecule has 2 aliphatic rings. The monoisotopic (exact) mass is 427 g/mol. The van der Waals surface area contributed by atoms with Crippen molar-refractivity contribution in [1.29, 1.82) is 5.26 Å². The molecule has 4 rings (SSSR count). The molecule has 160 valence electrons. The predicted molar refractivity (Wildman–Crippen MR) is 106 cm³/mol. The van der Waals surface area contributed by atoms with E-state index in [0.717, 1.165) is 36.6 Å². The Morgan fingerprint density at radius 2 is 1.65 bits per heavy atom. The number of halogens is 3. The van der Waals surface area contributed by atoms with E-state index in [-0.39, 0.29) is 29.2 Å². The molecule has 2 saturated carbocycles. The highest BCUT2D eigenvalue weighted by molar-refractivity contribution is 6.12.